The number of benzene rings is 2. The standard InChI is InChI=1S/C17H19BrFNO/c1-17(2,3)12-5-7-13(8-6-12)21-14-9-4-11(10-20)15(18)16(14)19/h4-9H,10,20H2,1-3H3. The molecule has 0 unspecified atom stereocenters. The lowest BCUT2D eigenvalue weighted by atomic mass is 9.87. The van der Waals surface area contributed by atoms with Crippen molar-refractivity contribution in [3.8, 4) is 11.5 Å². The first-order valence-electron chi connectivity index (χ1n) is 6.78. The van der Waals surface area contributed by atoms with E-state index >= 15 is 0 Å². The highest BCUT2D eigenvalue weighted by molar-refractivity contribution is 9.10. The molecule has 21 heavy (non-hydrogen) atoms. The SMILES string of the molecule is CC(C)(C)c1ccc(Oc2ccc(CN)c(Br)c2F)cc1. The van der Waals surface area contributed by atoms with Crippen LogP contribution in [0.2, 0.25) is 0 Å². The van der Waals surface area contributed by atoms with Crippen molar-refractivity contribution in [1.29, 1.82) is 0 Å². The molecule has 0 atom stereocenters. The highest BCUT2D eigenvalue weighted by Crippen LogP contribution is 2.32. The highest BCUT2D eigenvalue weighted by atomic mass is 79.9. The molecule has 0 aromatic heterocycles. The first-order chi connectivity index (χ1) is 9.82. The predicted molar refractivity (Wildman–Crippen MR) is 87.2 cm³/mol. The van der Waals surface area contributed by atoms with Crippen LogP contribution in [0, 0.1) is 5.82 Å². The van der Waals surface area contributed by atoms with E-state index in [0.29, 0.717) is 15.8 Å². The van der Waals surface area contributed by atoms with E-state index in [1.165, 1.54) is 5.56 Å². The molecule has 0 aliphatic rings. The minimum atomic E-state index is -0.433. The van der Waals surface area contributed by atoms with Gasteiger partial charge in [0.2, 0.25) is 0 Å². The summed E-state index contributed by atoms with van der Waals surface area (Å²) in [6.45, 7) is 6.71. The molecule has 0 saturated carbocycles. The third-order valence-corrected chi connectivity index (χ3v) is 4.15. The zero-order valence-electron chi connectivity index (χ0n) is 12.4. The van der Waals surface area contributed by atoms with Crippen LogP contribution in [0.4, 0.5) is 4.39 Å². The van der Waals surface area contributed by atoms with Crippen LogP contribution in [0.1, 0.15) is 31.9 Å². The van der Waals surface area contributed by atoms with Gasteiger partial charge in [0, 0.05) is 6.54 Å². The third-order valence-electron chi connectivity index (χ3n) is 3.29. The fraction of sp³-hybridized carbons (Fsp3) is 0.294. The predicted octanol–water partition coefficient (Wildman–Crippen LogP) is 5.14. The maximum absolute atomic E-state index is 14.2. The second kappa shape index (κ2) is 6.16. The van der Waals surface area contributed by atoms with Gasteiger partial charge in [0.25, 0.3) is 0 Å². The van der Waals surface area contributed by atoms with Gasteiger partial charge in [-0.3, -0.25) is 0 Å². The van der Waals surface area contributed by atoms with Gasteiger partial charge in [-0.25, -0.2) is 4.39 Å². The molecule has 2 nitrogen and oxygen atoms in total. The van der Waals surface area contributed by atoms with Gasteiger partial charge in [-0.15, -0.1) is 0 Å². The molecule has 2 N–H and O–H groups in total. The van der Waals surface area contributed by atoms with Crippen molar-refractivity contribution in [1.82, 2.24) is 0 Å². The van der Waals surface area contributed by atoms with Crippen LogP contribution < -0.4 is 10.5 Å². The molecular formula is C17H19BrFNO. The first-order valence-corrected chi connectivity index (χ1v) is 7.57. The van der Waals surface area contributed by atoms with E-state index < -0.39 is 5.82 Å². The maximum Gasteiger partial charge on any atom is 0.180 e. The number of halogens is 2. The van der Waals surface area contributed by atoms with E-state index in [1.807, 2.05) is 24.3 Å². The van der Waals surface area contributed by atoms with Crippen LogP contribution in [-0.2, 0) is 12.0 Å². The number of nitrogens with two attached hydrogens (primary N) is 1. The quantitative estimate of drug-likeness (QED) is 0.830. The summed E-state index contributed by atoms with van der Waals surface area (Å²) in [6.07, 6.45) is 0. The zero-order chi connectivity index (χ0) is 15.6. The van der Waals surface area contributed by atoms with Crippen LogP contribution in [0.3, 0.4) is 0 Å². The molecule has 0 heterocycles. The van der Waals surface area contributed by atoms with Gasteiger partial charge in [-0.1, -0.05) is 39.0 Å². The minimum Gasteiger partial charge on any atom is -0.454 e. The van der Waals surface area contributed by atoms with Crippen LogP contribution in [-0.4, -0.2) is 0 Å². The molecule has 4 heteroatoms. The van der Waals surface area contributed by atoms with Crippen molar-refractivity contribution in [2.45, 2.75) is 32.7 Å². The minimum absolute atomic E-state index is 0.0790. The average Bonchev–Trinajstić information content (AvgIpc) is 2.44. The second-order valence-corrected chi connectivity index (χ2v) is 6.72. The topological polar surface area (TPSA) is 35.2 Å². The summed E-state index contributed by atoms with van der Waals surface area (Å²) in [5.74, 6) is 0.356. The summed E-state index contributed by atoms with van der Waals surface area (Å²) in [6, 6.07) is 11.1. The van der Waals surface area contributed by atoms with Crippen molar-refractivity contribution in [2.75, 3.05) is 0 Å². The van der Waals surface area contributed by atoms with E-state index in [4.69, 9.17) is 10.5 Å². The zero-order valence-corrected chi connectivity index (χ0v) is 14.0. The Morgan fingerprint density at radius 3 is 2.24 bits per heavy atom. The lowest BCUT2D eigenvalue weighted by Gasteiger charge is -2.19. The van der Waals surface area contributed by atoms with Crippen LogP contribution in [0.15, 0.2) is 40.9 Å². The third kappa shape index (κ3) is 3.63. The summed E-state index contributed by atoms with van der Waals surface area (Å²) < 4.78 is 20.1. The molecule has 0 saturated heterocycles. The second-order valence-electron chi connectivity index (χ2n) is 5.93. The summed E-state index contributed by atoms with van der Waals surface area (Å²) in [7, 11) is 0. The normalized spacial score (nSPS) is 11.5. The summed E-state index contributed by atoms with van der Waals surface area (Å²) in [5, 5.41) is 0. The van der Waals surface area contributed by atoms with E-state index in [1.54, 1.807) is 12.1 Å². The lowest BCUT2D eigenvalue weighted by molar-refractivity contribution is 0.439. The Morgan fingerprint density at radius 1 is 1.10 bits per heavy atom. The molecule has 0 spiro atoms. The molecule has 0 aliphatic carbocycles. The molecule has 0 fully saturated rings. The molecule has 112 valence electrons. The van der Waals surface area contributed by atoms with E-state index in [0.717, 1.165) is 0 Å². The molecule has 2 aromatic rings. The number of hydrogen-bond acceptors (Lipinski definition) is 2. The smallest absolute Gasteiger partial charge is 0.180 e. The summed E-state index contributed by atoms with van der Waals surface area (Å²) in [5.41, 5.74) is 7.54. The number of hydrogen-bond donors (Lipinski definition) is 1. The molecule has 2 rings (SSSR count). The van der Waals surface area contributed by atoms with Crippen LogP contribution in [0.5, 0.6) is 11.5 Å². The largest absolute Gasteiger partial charge is 0.454 e. The average molecular weight is 352 g/mol. The highest BCUT2D eigenvalue weighted by Gasteiger charge is 2.15. The van der Waals surface area contributed by atoms with Gasteiger partial charge < -0.3 is 10.5 Å². The Balaban J connectivity index is 2.25. The van der Waals surface area contributed by atoms with E-state index in [2.05, 4.69) is 36.7 Å². The summed E-state index contributed by atoms with van der Waals surface area (Å²) in [4.78, 5) is 0. The van der Waals surface area contributed by atoms with E-state index in [9.17, 15) is 4.39 Å². The van der Waals surface area contributed by atoms with Gasteiger partial charge in [0.15, 0.2) is 11.6 Å². The fourth-order valence-electron chi connectivity index (χ4n) is 1.96. The van der Waals surface area contributed by atoms with Gasteiger partial charge in [-0.2, -0.15) is 0 Å². The first kappa shape index (κ1) is 16.0. The fourth-order valence-corrected chi connectivity index (χ4v) is 2.45. The Labute approximate surface area is 133 Å². The number of rotatable bonds is 3. The molecule has 2 aromatic carbocycles. The number of ether oxygens (including phenoxy) is 1. The lowest BCUT2D eigenvalue weighted by Crippen LogP contribution is -2.10. The van der Waals surface area contributed by atoms with Crippen LogP contribution >= 0.6 is 15.9 Å². The Morgan fingerprint density at radius 2 is 1.71 bits per heavy atom. The van der Waals surface area contributed by atoms with Gasteiger partial charge >= 0.3 is 0 Å². The van der Waals surface area contributed by atoms with Crippen molar-refractivity contribution in [2.24, 2.45) is 5.73 Å². The van der Waals surface area contributed by atoms with Gasteiger partial charge in [0.1, 0.15) is 5.75 Å². The Hall–Kier alpha value is -1.39. The maximum atomic E-state index is 14.2. The van der Waals surface area contributed by atoms with Crippen LogP contribution in [0.25, 0.3) is 0 Å². The van der Waals surface area contributed by atoms with E-state index in [-0.39, 0.29) is 17.7 Å². The molecule has 0 aliphatic heterocycles. The van der Waals surface area contributed by atoms with Gasteiger partial charge in [-0.05, 0) is 50.7 Å². The molecular weight excluding hydrogens is 333 g/mol. The van der Waals surface area contributed by atoms with Gasteiger partial charge in [0.05, 0.1) is 4.47 Å². The van der Waals surface area contributed by atoms with Crippen molar-refractivity contribution in [3.05, 3.63) is 57.8 Å². The van der Waals surface area contributed by atoms with Crippen molar-refractivity contribution in [3.63, 3.8) is 0 Å². The van der Waals surface area contributed by atoms with Crippen molar-refractivity contribution >= 4 is 15.9 Å². The summed E-state index contributed by atoms with van der Waals surface area (Å²) >= 11 is 3.21. The molecule has 0 amide bonds. The Kier molecular flexibility index (Phi) is 4.69. The molecule has 0 bridgehead atoms. The van der Waals surface area contributed by atoms with Crippen molar-refractivity contribution < 1.29 is 9.13 Å². The molecule has 0 radical (unpaired) electrons. The monoisotopic (exact) mass is 351 g/mol. The Bertz CT molecular complexity index is 632.